The molecule has 4 aromatic rings. The highest BCUT2D eigenvalue weighted by Gasteiger charge is 2.26. The number of nitrogens with zero attached hydrogens (tertiary/aromatic N) is 6. The number of alkyl halides is 2. The molecule has 15 heteroatoms. The molecule has 182 valence electrons. The molecule has 0 fully saturated rings. The van der Waals surface area contributed by atoms with E-state index in [0.29, 0.717) is 23.4 Å². The second kappa shape index (κ2) is 9.17. The fraction of sp³-hybridized carbons (Fsp3) is 0.250. The van der Waals surface area contributed by atoms with Crippen molar-refractivity contribution in [3.8, 4) is 11.1 Å². The molecule has 0 radical (unpaired) electrons. The zero-order valence-corrected chi connectivity index (χ0v) is 19.2. The number of hydrogen-bond donors (Lipinski definition) is 2. The number of amides is 2. The molecule has 0 atom stereocenters. The van der Waals surface area contributed by atoms with Crippen LogP contribution in [0.1, 0.15) is 34.4 Å². The van der Waals surface area contributed by atoms with Crippen molar-refractivity contribution in [2.45, 2.75) is 33.4 Å². The molecule has 0 aliphatic rings. The molecule has 0 aromatic carbocycles. The summed E-state index contributed by atoms with van der Waals surface area (Å²) in [6.45, 7) is 3.77. The predicted molar refractivity (Wildman–Crippen MR) is 122 cm³/mol. The number of anilines is 1. The summed E-state index contributed by atoms with van der Waals surface area (Å²) in [5, 5.41) is 21.7. The minimum atomic E-state index is -2.88. The highest BCUT2D eigenvalue weighted by Crippen LogP contribution is 2.43. The van der Waals surface area contributed by atoms with Gasteiger partial charge in [0.1, 0.15) is 34.3 Å². The molecule has 3 N–H and O–H groups in total. The maximum Gasteiger partial charge on any atom is 0.307 e. The maximum atomic E-state index is 13.6. The predicted octanol–water partition coefficient (Wildman–Crippen LogP) is 3.27. The van der Waals surface area contributed by atoms with Crippen LogP contribution in [0.25, 0.3) is 21.3 Å². The molecule has 0 bridgehead atoms. The average molecular weight is 504 g/mol. The lowest BCUT2D eigenvalue weighted by atomic mass is 10.0. The number of nitrogens with one attached hydrogen (secondary N) is 1. The van der Waals surface area contributed by atoms with E-state index >= 15 is 0 Å². The van der Waals surface area contributed by atoms with Crippen LogP contribution in [-0.2, 0) is 17.9 Å². The van der Waals surface area contributed by atoms with Gasteiger partial charge in [0.05, 0.1) is 16.8 Å². The third-order valence-corrected chi connectivity index (χ3v) is 6.32. The normalized spacial score (nSPS) is 11.3. The summed E-state index contributed by atoms with van der Waals surface area (Å²) in [5.74, 6) is -1.56. The second-order valence-electron chi connectivity index (χ2n) is 7.41. The standard InChI is InChI=1S/C20H18F2N8O4S/c1-3-29-9(2)12(6-25-29)11-4-13(18(21)22)26-20-15(11)16(17(35-20)19(23)32)27-14(31)8-28-7-10(5-24-28)30(33)34/h4-7,18H,3,8H2,1-2H3,(H2,23,32)(H,27,31). The molecule has 0 unspecified atom stereocenters. The van der Waals surface area contributed by atoms with E-state index in [4.69, 9.17) is 5.73 Å². The fourth-order valence-corrected chi connectivity index (χ4v) is 4.64. The van der Waals surface area contributed by atoms with Crippen LogP contribution in [0.15, 0.2) is 24.7 Å². The van der Waals surface area contributed by atoms with Gasteiger partial charge in [-0.1, -0.05) is 0 Å². The number of thiophene rings is 1. The molecule has 2 amide bonds. The zero-order chi connectivity index (χ0) is 25.4. The minimum Gasteiger partial charge on any atom is -0.365 e. The summed E-state index contributed by atoms with van der Waals surface area (Å²) < 4.78 is 30.0. The third kappa shape index (κ3) is 4.44. The Kier molecular flexibility index (Phi) is 6.26. The summed E-state index contributed by atoms with van der Waals surface area (Å²) in [6, 6.07) is 1.20. The van der Waals surface area contributed by atoms with E-state index in [-0.39, 0.29) is 26.5 Å². The number of aryl methyl sites for hydroxylation is 1. The third-order valence-electron chi connectivity index (χ3n) is 5.22. The van der Waals surface area contributed by atoms with Gasteiger partial charge in [-0.25, -0.2) is 13.8 Å². The number of aromatic nitrogens is 5. The molecule has 4 aromatic heterocycles. The van der Waals surface area contributed by atoms with Gasteiger partial charge in [-0.2, -0.15) is 10.2 Å². The molecule has 0 aliphatic carbocycles. The lowest BCUT2D eigenvalue weighted by Crippen LogP contribution is -2.21. The number of rotatable bonds is 8. The number of carbonyl (C=O) groups is 2. The van der Waals surface area contributed by atoms with E-state index in [1.165, 1.54) is 12.3 Å². The Morgan fingerprint density at radius 1 is 1.29 bits per heavy atom. The Morgan fingerprint density at radius 2 is 2.03 bits per heavy atom. The smallest absolute Gasteiger partial charge is 0.307 e. The van der Waals surface area contributed by atoms with Crippen molar-refractivity contribution in [2.75, 3.05) is 5.32 Å². The van der Waals surface area contributed by atoms with Crippen molar-refractivity contribution in [1.29, 1.82) is 0 Å². The number of hydrogen-bond acceptors (Lipinski definition) is 8. The van der Waals surface area contributed by atoms with Gasteiger partial charge in [-0.15, -0.1) is 11.3 Å². The van der Waals surface area contributed by atoms with Crippen LogP contribution in [0.2, 0.25) is 0 Å². The van der Waals surface area contributed by atoms with Gasteiger partial charge in [0, 0.05) is 23.2 Å². The molecule has 0 aliphatic heterocycles. The number of primary amides is 1. The first kappa shape index (κ1) is 23.9. The number of halogens is 2. The van der Waals surface area contributed by atoms with Crippen molar-refractivity contribution in [3.05, 3.63) is 51.0 Å². The fourth-order valence-electron chi connectivity index (χ4n) is 3.62. The summed E-state index contributed by atoms with van der Waals surface area (Å²) >= 11 is 0.774. The SMILES string of the molecule is CCn1ncc(-c2cc(C(F)F)nc3sc(C(N)=O)c(NC(=O)Cn4cc([N+](=O)[O-])cn4)c23)c1C. The van der Waals surface area contributed by atoms with Crippen LogP contribution in [-0.4, -0.2) is 41.3 Å². The molecule has 4 rings (SSSR count). The largest absolute Gasteiger partial charge is 0.365 e. The van der Waals surface area contributed by atoms with Crippen LogP contribution in [0.3, 0.4) is 0 Å². The highest BCUT2D eigenvalue weighted by atomic mass is 32.1. The number of nitrogens with two attached hydrogens (primary N) is 1. The lowest BCUT2D eigenvalue weighted by Gasteiger charge is -2.11. The maximum absolute atomic E-state index is 13.6. The van der Waals surface area contributed by atoms with Crippen molar-refractivity contribution < 1.29 is 23.3 Å². The summed E-state index contributed by atoms with van der Waals surface area (Å²) in [7, 11) is 0. The Hall–Kier alpha value is -4.27. The monoisotopic (exact) mass is 504 g/mol. The molecule has 0 spiro atoms. The van der Waals surface area contributed by atoms with Crippen LogP contribution < -0.4 is 11.1 Å². The van der Waals surface area contributed by atoms with Gasteiger partial charge in [0.15, 0.2) is 0 Å². The molecule has 12 nitrogen and oxygen atoms in total. The number of carbonyl (C=O) groups excluding carboxylic acids is 2. The molecular formula is C20H18F2N8O4S. The van der Waals surface area contributed by atoms with E-state index < -0.39 is 35.4 Å². The second-order valence-corrected chi connectivity index (χ2v) is 8.41. The van der Waals surface area contributed by atoms with Crippen molar-refractivity contribution in [2.24, 2.45) is 5.73 Å². The van der Waals surface area contributed by atoms with Crippen molar-refractivity contribution in [3.63, 3.8) is 0 Å². The van der Waals surface area contributed by atoms with Gasteiger partial charge in [0.25, 0.3) is 12.3 Å². The first-order chi connectivity index (χ1) is 16.6. The van der Waals surface area contributed by atoms with Gasteiger partial charge in [-0.05, 0) is 25.5 Å². The summed E-state index contributed by atoms with van der Waals surface area (Å²) in [4.78, 5) is 39.1. The highest BCUT2D eigenvalue weighted by molar-refractivity contribution is 7.21. The first-order valence-electron chi connectivity index (χ1n) is 10.2. The number of pyridine rings is 1. The Balaban J connectivity index is 1.85. The quantitative estimate of drug-likeness (QED) is 0.275. The minimum absolute atomic E-state index is 0.0103. The Bertz CT molecular complexity index is 1480. The van der Waals surface area contributed by atoms with E-state index in [1.54, 1.807) is 11.6 Å². The van der Waals surface area contributed by atoms with Crippen LogP contribution >= 0.6 is 11.3 Å². The van der Waals surface area contributed by atoms with Gasteiger partial charge in [-0.3, -0.25) is 29.1 Å². The molecular weight excluding hydrogens is 486 g/mol. The van der Waals surface area contributed by atoms with E-state index in [2.05, 4.69) is 20.5 Å². The number of nitro groups is 1. The number of fused-ring (bicyclic) bond motifs is 1. The Labute approximate surface area is 199 Å². The Morgan fingerprint density at radius 3 is 2.60 bits per heavy atom. The topological polar surface area (TPSA) is 164 Å². The van der Waals surface area contributed by atoms with Crippen molar-refractivity contribution in [1.82, 2.24) is 24.5 Å². The molecule has 4 heterocycles. The summed E-state index contributed by atoms with van der Waals surface area (Å²) in [6.07, 6.45) is 0.695. The zero-order valence-electron chi connectivity index (χ0n) is 18.4. The molecule has 35 heavy (non-hydrogen) atoms. The summed E-state index contributed by atoms with van der Waals surface area (Å²) in [5.41, 5.74) is 6.24. The van der Waals surface area contributed by atoms with Gasteiger partial charge in [0.2, 0.25) is 5.91 Å². The first-order valence-corrected chi connectivity index (χ1v) is 11.0. The van der Waals surface area contributed by atoms with E-state index in [9.17, 15) is 28.5 Å². The van der Waals surface area contributed by atoms with E-state index in [0.717, 1.165) is 28.4 Å². The van der Waals surface area contributed by atoms with Crippen LogP contribution in [0.4, 0.5) is 20.2 Å². The van der Waals surface area contributed by atoms with Crippen LogP contribution in [0.5, 0.6) is 0 Å². The van der Waals surface area contributed by atoms with E-state index in [1.807, 2.05) is 6.92 Å². The average Bonchev–Trinajstić information content (AvgIpc) is 3.50. The van der Waals surface area contributed by atoms with Gasteiger partial charge >= 0.3 is 5.69 Å². The van der Waals surface area contributed by atoms with Gasteiger partial charge < -0.3 is 11.1 Å². The molecule has 0 saturated heterocycles. The molecule has 0 saturated carbocycles. The van der Waals surface area contributed by atoms with Crippen LogP contribution in [0, 0.1) is 17.0 Å². The van der Waals surface area contributed by atoms with Crippen molar-refractivity contribution >= 4 is 44.7 Å². The lowest BCUT2D eigenvalue weighted by molar-refractivity contribution is -0.385.